The van der Waals surface area contributed by atoms with Crippen LogP contribution in [0.3, 0.4) is 0 Å². The van der Waals surface area contributed by atoms with E-state index >= 15 is 0 Å². The van der Waals surface area contributed by atoms with Crippen molar-refractivity contribution in [2.75, 3.05) is 6.54 Å². The average molecular weight is 163 g/mol. The van der Waals surface area contributed by atoms with Crippen molar-refractivity contribution >= 4 is 37.7 Å². The topological polar surface area (TPSA) is 26.0 Å². The van der Waals surface area contributed by atoms with E-state index < -0.39 is 0 Å². The number of benzene rings is 1. The summed E-state index contributed by atoms with van der Waals surface area (Å²) >= 11 is 0. The van der Waals surface area contributed by atoms with Crippen molar-refractivity contribution in [1.29, 1.82) is 0 Å². The molecule has 0 aliphatic carbocycles. The van der Waals surface area contributed by atoms with Crippen LogP contribution in [0.15, 0.2) is 30.3 Å². The van der Waals surface area contributed by atoms with Gasteiger partial charge in [-0.3, -0.25) is 0 Å². The van der Waals surface area contributed by atoms with Crippen molar-refractivity contribution in [1.82, 2.24) is 0 Å². The first-order valence-corrected chi connectivity index (χ1v) is 3.17. The SMILES string of the molecule is NCCc1ccccc1.[CaH2]. The molecule has 52 valence electrons. The van der Waals surface area contributed by atoms with Crippen LogP contribution in [0.25, 0.3) is 0 Å². The summed E-state index contributed by atoms with van der Waals surface area (Å²) in [6.07, 6.45) is 0.987. The van der Waals surface area contributed by atoms with Gasteiger partial charge in [0.25, 0.3) is 0 Å². The van der Waals surface area contributed by atoms with Gasteiger partial charge in [-0.05, 0) is 18.5 Å². The number of nitrogens with two attached hydrogens (primary N) is 1. The molecule has 0 unspecified atom stereocenters. The molecule has 0 aliphatic heterocycles. The Labute approximate surface area is 91.6 Å². The van der Waals surface area contributed by atoms with E-state index in [1.54, 1.807) is 0 Å². The van der Waals surface area contributed by atoms with Crippen LogP contribution < -0.4 is 5.73 Å². The molecule has 0 aromatic heterocycles. The number of rotatable bonds is 2. The zero-order valence-corrected chi connectivity index (χ0v) is 5.38. The van der Waals surface area contributed by atoms with Gasteiger partial charge >= 0.3 is 37.7 Å². The van der Waals surface area contributed by atoms with Crippen LogP contribution in [0.4, 0.5) is 0 Å². The van der Waals surface area contributed by atoms with Crippen LogP contribution in [-0.4, -0.2) is 44.3 Å². The first-order chi connectivity index (χ1) is 4.43. The zero-order chi connectivity index (χ0) is 6.53. The van der Waals surface area contributed by atoms with E-state index in [0.717, 1.165) is 13.0 Å². The van der Waals surface area contributed by atoms with E-state index in [9.17, 15) is 0 Å². The van der Waals surface area contributed by atoms with Crippen LogP contribution in [0.2, 0.25) is 0 Å². The molecule has 1 rings (SSSR count). The maximum atomic E-state index is 5.36. The Kier molecular flexibility index (Phi) is 6.44. The van der Waals surface area contributed by atoms with Crippen molar-refractivity contribution in [3.05, 3.63) is 35.9 Å². The Balaban J connectivity index is 0.000000810. The van der Waals surface area contributed by atoms with E-state index in [2.05, 4.69) is 12.1 Å². The van der Waals surface area contributed by atoms with Crippen LogP contribution in [0.1, 0.15) is 5.56 Å². The Morgan fingerprint density at radius 3 is 2.20 bits per heavy atom. The molecule has 10 heavy (non-hydrogen) atoms. The van der Waals surface area contributed by atoms with Crippen molar-refractivity contribution in [3.8, 4) is 0 Å². The normalized spacial score (nSPS) is 8.50. The first-order valence-electron chi connectivity index (χ1n) is 3.17. The molecule has 1 aromatic carbocycles. The van der Waals surface area contributed by atoms with Gasteiger partial charge < -0.3 is 5.73 Å². The van der Waals surface area contributed by atoms with Gasteiger partial charge in [0.2, 0.25) is 0 Å². The first kappa shape index (κ1) is 10.4. The van der Waals surface area contributed by atoms with Gasteiger partial charge in [0, 0.05) is 0 Å². The summed E-state index contributed by atoms with van der Waals surface area (Å²) in [4.78, 5) is 0. The molecule has 0 bridgehead atoms. The maximum absolute atomic E-state index is 5.36. The fraction of sp³-hybridized carbons (Fsp3) is 0.250. The van der Waals surface area contributed by atoms with Crippen molar-refractivity contribution in [2.24, 2.45) is 5.73 Å². The summed E-state index contributed by atoms with van der Waals surface area (Å²) in [6, 6.07) is 10.3. The van der Waals surface area contributed by atoms with Gasteiger partial charge in [-0.15, -0.1) is 0 Å². The fourth-order valence-electron chi connectivity index (χ4n) is 0.811. The summed E-state index contributed by atoms with van der Waals surface area (Å²) in [6.45, 7) is 0.740. The molecule has 0 spiro atoms. The molecular formula is C8H13CaN. The zero-order valence-electron chi connectivity index (χ0n) is 5.38. The van der Waals surface area contributed by atoms with Gasteiger partial charge in [-0.2, -0.15) is 0 Å². The van der Waals surface area contributed by atoms with Crippen molar-refractivity contribution < 1.29 is 0 Å². The monoisotopic (exact) mass is 163 g/mol. The van der Waals surface area contributed by atoms with Crippen molar-refractivity contribution in [3.63, 3.8) is 0 Å². The minimum atomic E-state index is 0. The molecule has 0 saturated heterocycles. The van der Waals surface area contributed by atoms with E-state index in [0.29, 0.717) is 0 Å². The molecule has 0 aliphatic rings. The quantitative estimate of drug-likeness (QED) is 0.622. The predicted molar refractivity (Wildman–Crippen MR) is 47.7 cm³/mol. The van der Waals surface area contributed by atoms with Crippen LogP contribution in [-0.2, 0) is 6.42 Å². The minimum absolute atomic E-state index is 0. The van der Waals surface area contributed by atoms with Gasteiger partial charge in [0.1, 0.15) is 0 Å². The van der Waals surface area contributed by atoms with Gasteiger partial charge in [-0.1, -0.05) is 30.3 Å². The second kappa shape index (κ2) is 6.17. The standard InChI is InChI=1S/C8H11N.Ca.2H/c9-7-6-8-4-2-1-3-5-8;;;/h1-5H,6-7,9H2;;;. The van der Waals surface area contributed by atoms with E-state index in [-0.39, 0.29) is 37.7 Å². The molecule has 0 amide bonds. The predicted octanol–water partition coefficient (Wildman–Crippen LogP) is 0.272. The van der Waals surface area contributed by atoms with E-state index in [4.69, 9.17) is 5.73 Å². The van der Waals surface area contributed by atoms with Crippen LogP contribution in [0.5, 0.6) is 0 Å². The molecule has 2 N–H and O–H groups in total. The molecular weight excluding hydrogens is 150 g/mol. The number of hydrogen-bond acceptors (Lipinski definition) is 1. The summed E-state index contributed by atoms with van der Waals surface area (Å²) < 4.78 is 0. The summed E-state index contributed by atoms with van der Waals surface area (Å²) in [5.74, 6) is 0. The molecule has 0 radical (unpaired) electrons. The average Bonchev–Trinajstić information content (AvgIpc) is 1.91. The number of hydrogen-bond donors (Lipinski definition) is 1. The Morgan fingerprint density at radius 1 is 1.10 bits per heavy atom. The molecule has 1 nitrogen and oxygen atoms in total. The molecule has 0 saturated carbocycles. The Morgan fingerprint density at radius 2 is 1.70 bits per heavy atom. The third kappa shape index (κ3) is 3.57. The third-order valence-electron chi connectivity index (χ3n) is 1.28. The van der Waals surface area contributed by atoms with Gasteiger partial charge in [0.15, 0.2) is 0 Å². The van der Waals surface area contributed by atoms with E-state index in [1.807, 2.05) is 18.2 Å². The third-order valence-corrected chi connectivity index (χ3v) is 1.28. The Hall–Kier alpha value is 0.440. The summed E-state index contributed by atoms with van der Waals surface area (Å²) in [5.41, 5.74) is 6.68. The summed E-state index contributed by atoms with van der Waals surface area (Å²) in [7, 11) is 0. The second-order valence-corrected chi connectivity index (χ2v) is 2.02. The molecule has 0 fully saturated rings. The second-order valence-electron chi connectivity index (χ2n) is 2.02. The summed E-state index contributed by atoms with van der Waals surface area (Å²) in [5, 5.41) is 0. The molecule has 1 aromatic rings. The Bertz CT molecular complexity index is 162. The van der Waals surface area contributed by atoms with Gasteiger partial charge in [-0.25, -0.2) is 0 Å². The van der Waals surface area contributed by atoms with Gasteiger partial charge in [0.05, 0.1) is 0 Å². The molecule has 0 atom stereocenters. The molecule has 0 heterocycles. The van der Waals surface area contributed by atoms with Crippen LogP contribution in [0, 0.1) is 0 Å². The van der Waals surface area contributed by atoms with Crippen LogP contribution >= 0.6 is 0 Å². The molecule has 2 heteroatoms. The van der Waals surface area contributed by atoms with E-state index in [1.165, 1.54) is 5.56 Å². The van der Waals surface area contributed by atoms with Crippen molar-refractivity contribution in [2.45, 2.75) is 6.42 Å². The fourth-order valence-corrected chi connectivity index (χ4v) is 0.811.